The van der Waals surface area contributed by atoms with Crippen LogP contribution in [0.1, 0.15) is 35.3 Å². The molecular weight excluding hydrogens is 398 g/mol. The number of aromatic nitrogens is 1. The molecule has 0 aliphatic heterocycles. The lowest BCUT2D eigenvalue weighted by atomic mass is 10.1. The molecule has 0 fully saturated rings. The van der Waals surface area contributed by atoms with Crippen molar-refractivity contribution in [3.63, 3.8) is 0 Å². The largest absolute Gasteiger partial charge is 0.489 e. The summed E-state index contributed by atoms with van der Waals surface area (Å²) < 4.78 is 14.1. The first-order chi connectivity index (χ1) is 15.7. The quantitative estimate of drug-likeness (QED) is 0.286. The monoisotopic (exact) mass is 425 g/mol. The number of ketones is 1. The first-order valence-corrected chi connectivity index (χ1v) is 10.8. The van der Waals surface area contributed by atoms with Gasteiger partial charge in [0.2, 0.25) is 5.88 Å². The highest BCUT2D eigenvalue weighted by molar-refractivity contribution is 5.98. The number of carbonyl (C=O) groups excluding carboxylic acids is 1. The van der Waals surface area contributed by atoms with Gasteiger partial charge in [0.1, 0.15) is 19.0 Å². The Hall–Kier alpha value is -3.79. The first-order valence-electron chi connectivity index (χ1n) is 10.8. The Kier molecular flexibility index (Phi) is 6.71. The smallest absolute Gasteiger partial charge is 0.205 e. The average Bonchev–Trinajstić information content (AvgIpc) is 3.22. The van der Waals surface area contributed by atoms with Crippen LogP contribution in [0, 0.1) is 0 Å². The Labute approximate surface area is 189 Å². The van der Waals surface area contributed by atoms with Crippen molar-refractivity contribution >= 4 is 5.78 Å². The topological polar surface area (TPSA) is 40.5 Å². The third-order valence-electron chi connectivity index (χ3n) is 5.36. The lowest BCUT2D eigenvalue weighted by molar-refractivity contribution is 0.101. The van der Waals surface area contributed by atoms with E-state index in [4.69, 9.17) is 9.47 Å². The highest BCUT2D eigenvalue weighted by Gasteiger charge is 2.20. The Morgan fingerprint density at radius 1 is 0.781 bits per heavy atom. The molecule has 3 aromatic carbocycles. The Bertz CT molecular complexity index is 1160. The molecule has 0 saturated heterocycles. The van der Waals surface area contributed by atoms with Crippen LogP contribution in [0.2, 0.25) is 0 Å². The molecular formula is C28H27NO3. The van der Waals surface area contributed by atoms with Gasteiger partial charge < -0.3 is 14.0 Å². The van der Waals surface area contributed by atoms with E-state index in [1.54, 1.807) is 6.92 Å². The fourth-order valence-electron chi connectivity index (χ4n) is 3.68. The number of benzene rings is 3. The molecule has 32 heavy (non-hydrogen) atoms. The Morgan fingerprint density at radius 3 is 1.88 bits per heavy atom. The van der Waals surface area contributed by atoms with E-state index < -0.39 is 0 Å². The van der Waals surface area contributed by atoms with Gasteiger partial charge in [-0.05, 0) is 60.9 Å². The summed E-state index contributed by atoms with van der Waals surface area (Å²) in [6, 6.07) is 30.0. The molecule has 0 atom stereocenters. The summed E-state index contributed by atoms with van der Waals surface area (Å²) in [5.74, 6) is 1.41. The van der Waals surface area contributed by atoms with Crippen LogP contribution in [0.25, 0.3) is 11.3 Å². The standard InChI is InChI=1S/C28H27NO3/c1-3-29-27(18-26(21(2)30)28(29)32-20-23-12-8-5-9-13-23)24-14-16-25(17-15-24)31-19-22-10-6-4-7-11-22/h4-18H,3,19-20H2,1-2H3. The van der Waals surface area contributed by atoms with Crippen molar-refractivity contribution < 1.29 is 14.3 Å². The van der Waals surface area contributed by atoms with E-state index in [9.17, 15) is 4.79 Å². The maximum Gasteiger partial charge on any atom is 0.205 e. The van der Waals surface area contributed by atoms with E-state index in [2.05, 4.69) is 11.5 Å². The van der Waals surface area contributed by atoms with Crippen molar-refractivity contribution in [1.29, 1.82) is 0 Å². The van der Waals surface area contributed by atoms with Gasteiger partial charge in [0.15, 0.2) is 5.78 Å². The number of hydrogen-bond acceptors (Lipinski definition) is 3. The average molecular weight is 426 g/mol. The van der Waals surface area contributed by atoms with E-state index >= 15 is 0 Å². The second kappa shape index (κ2) is 10.0. The van der Waals surface area contributed by atoms with E-state index in [0.717, 1.165) is 28.1 Å². The third kappa shape index (κ3) is 4.92. The van der Waals surface area contributed by atoms with Gasteiger partial charge in [-0.15, -0.1) is 0 Å². The summed E-state index contributed by atoms with van der Waals surface area (Å²) in [5.41, 5.74) is 4.75. The van der Waals surface area contributed by atoms with Gasteiger partial charge in [-0.25, -0.2) is 0 Å². The van der Waals surface area contributed by atoms with Gasteiger partial charge in [0, 0.05) is 6.54 Å². The predicted molar refractivity (Wildman–Crippen MR) is 127 cm³/mol. The Morgan fingerprint density at radius 2 is 1.34 bits per heavy atom. The summed E-state index contributed by atoms with van der Waals surface area (Å²) in [6.07, 6.45) is 0. The molecule has 0 aliphatic carbocycles. The van der Waals surface area contributed by atoms with Crippen LogP contribution in [-0.2, 0) is 19.8 Å². The molecule has 0 radical (unpaired) electrons. The lowest BCUT2D eigenvalue weighted by Gasteiger charge is -2.14. The zero-order valence-corrected chi connectivity index (χ0v) is 18.5. The fraction of sp³-hybridized carbons (Fsp3) is 0.179. The fourth-order valence-corrected chi connectivity index (χ4v) is 3.68. The number of carbonyl (C=O) groups is 1. The summed E-state index contributed by atoms with van der Waals surface area (Å²) >= 11 is 0. The van der Waals surface area contributed by atoms with E-state index in [-0.39, 0.29) is 5.78 Å². The van der Waals surface area contributed by atoms with Crippen LogP contribution >= 0.6 is 0 Å². The van der Waals surface area contributed by atoms with Gasteiger partial charge in [0.25, 0.3) is 0 Å². The minimum atomic E-state index is -0.00988. The van der Waals surface area contributed by atoms with Crippen molar-refractivity contribution in [3.05, 3.63) is 108 Å². The molecule has 1 heterocycles. The van der Waals surface area contributed by atoms with Crippen molar-refractivity contribution in [1.82, 2.24) is 4.57 Å². The maximum atomic E-state index is 12.4. The van der Waals surface area contributed by atoms with E-state index in [1.807, 2.05) is 91.0 Å². The zero-order chi connectivity index (χ0) is 22.3. The van der Waals surface area contributed by atoms with Crippen molar-refractivity contribution in [2.75, 3.05) is 0 Å². The second-order valence-corrected chi connectivity index (χ2v) is 7.62. The molecule has 0 unspecified atom stereocenters. The summed E-state index contributed by atoms with van der Waals surface area (Å²) in [6.45, 7) is 5.27. The lowest BCUT2D eigenvalue weighted by Crippen LogP contribution is -2.06. The molecule has 4 aromatic rings. The molecule has 0 aliphatic rings. The summed E-state index contributed by atoms with van der Waals surface area (Å²) in [7, 11) is 0. The maximum absolute atomic E-state index is 12.4. The highest BCUT2D eigenvalue weighted by Crippen LogP contribution is 2.33. The first kappa shape index (κ1) is 21.4. The minimum Gasteiger partial charge on any atom is -0.489 e. The highest BCUT2D eigenvalue weighted by atomic mass is 16.5. The molecule has 0 saturated carbocycles. The number of ether oxygens (including phenoxy) is 2. The van der Waals surface area contributed by atoms with Gasteiger partial charge in [-0.1, -0.05) is 60.7 Å². The van der Waals surface area contributed by atoms with Gasteiger partial charge in [-0.2, -0.15) is 0 Å². The molecule has 4 heteroatoms. The van der Waals surface area contributed by atoms with E-state index in [0.29, 0.717) is 31.2 Å². The predicted octanol–water partition coefficient (Wildman–Crippen LogP) is 6.54. The van der Waals surface area contributed by atoms with Crippen molar-refractivity contribution in [3.8, 4) is 22.9 Å². The molecule has 0 bridgehead atoms. The van der Waals surface area contributed by atoms with Crippen molar-refractivity contribution in [2.45, 2.75) is 33.6 Å². The van der Waals surface area contributed by atoms with E-state index in [1.165, 1.54) is 0 Å². The molecule has 162 valence electrons. The Balaban J connectivity index is 1.56. The van der Waals surface area contributed by atoms with Gasteiger partial charge >= 0.3 is 0 Å². The van der Waals surface area contributed by atoms with Gasteiger partial charge in [-0.3, -0.25) is 4.79 Å². The second-order valence-electron chi connectivity index (χ2n) is 7.62. The molecule has 4 nitrogen and oxygen atoms in total. The van der Waals surface area contributed by atoms with Crippen LogP contribution in [0.4, 0.5) is 0 Å². The SMILES string of the molecule is CCn1c(-c2ccc(OCc3ccccc3)cc2)cc(C(C)=O)c1OCc1ccccc1. The van der Waals surface area contributed by atoms with Crippen LogP contribution in [0.5, 0.6) is 11.6 Å². The molecule has 0 amide bonds. The van der Waals surface area contributed by atoms with Gasteiger partial charge in [0.05, 0.1) is 11.3 Å². The van der Waals surface area contributed by atoms with Crippen LogP contribution in [-0.4, -0.2) is 10.4 Å². The van der Waals surface area contributed by atoms with Crippen LogP contribution in [0.3, 0.4) is 0 Å². The minimum absolute atomic E-state index is 0.00988. The summed E-state index contributed by atoms with van der Waals surface area (Å²) in [4.78, 5) is 12.4. The third-order valence-corrected chi connectivity index (χ3v) is 5.36. The molecule has 0 N–H and O–H groups in total. The normalized spacial score (nSPS) is 10.7. The van der Waals surface area contributed by atoms with Crippen molar-refractivity contribution in [2.24, 2.45) is 0 Å². The zero-order valence-electron chi connectivity index (χ0n) is 18.5. The number of hydrogen-bond donors (Lipinski definition) is 0. The number of Topliss-reactive ketones (excluding diaryl/α,β-unsaturated/α-hetero) is 1. The molecule has 4 rings (SSSR count). The molecule has 1 aromatic heterocycles. The number of rotatable bonds is 9. The summed E-state index contributed by atoms with van der Waals surface area (Å²) in [5, 5.41) is 0. The van der Waals surface area contributed by atoms with Crippen LogP contribution < -0.4 is 9.47 Å². The number of nitrogens with zero attached hydrogens (tertiary/aromatic N) is 1. The molecule has 0 spiro atoms. The van der Waals surface area contributed by atoms with Crippen LogP contribution in [0.15, 0.2) is 91.0 Å².